The lowest BCUT2D eigenvalue weighted by Crippen LogP contribution is -1.57. The molecule has 0 aliphatic rings. The van der Waals surface area contributed by atoms with Crippen LogP contribution in [-0.4, -0.2) is 16.2 Å². The molecule has 0 rings (SSSR count). The molecule has 0 fully saturated rings. The first-order valence-corrected chi connectivity index (χ1v) is 5.58. The Balaban J connectivity index is 0. The molecule has 0 spiro atoms. The maximum atomic E-state index is 2.29. The van der Waals surface area contributed by atoms with Gasteiger partial charge in [-0.2, -0.15) is 20.8 Å². The van der Waals surface area contributed by atoms with E-state index in [-0.39, 0.29) is 5.48 Å². The van der Waals surface area contributed by atoms with Crippen molar-refractivity contribution >= 4 is 31.5 Å². The molecule has 0 aromatic carbocycles. The molecule has 0 aromatic rings. The first-order valence-electron chi connectivity index (χ1n) is 2.95. The van der Waals surface area contributed by atoms with Gasteiger partial charge in [0, 0.05) is 0 Å². The van der Waals surface area contributed by atoms with Gasteiger partial charge in [-0.15, -0.1) is 0 Å². The van der Waals surface area contributed by atoms with E-state index < -0.39 is 0 Å². The quantitative estimate of drug-likeness (QED) is 0.363. The van der Waals surface area contributed by atoms with Crippen molar-refractivity contribution < 1.29 is 5.48 Å². The molecule has 0 aliphatic heterocycles. The van der Waals surface area contributed by atoms with Gasteiger partial charge in [-0.05, 0) is 12.8 Å². The Morgan fingerprint density at radius 1 is 1.00 bits per heavy atom. The molecular weight excluding hydrogens is 152 g/mol. The van der Waals surface area contributed by atoms with Crippen molar-refractivity contribution in [2.45, 2.75) is 26.7 Å². The molecule has 0 amide bonds. The average Bonchev–Trinajstić information content (AvgIpc) is 1.81. The minimum atomic E-state index is 0. The van der Waals surface area contributed by atoms with Gasteiger partial charge in [-0.25, -0.2) is 0 Å². The van der Waals surface area contributed by atoms with Crippen LogP contribution in [0.4, 0.5) is 0 Å². The zero-order chi connectivity index (χ0) is 6.24. The van der Waals surface area contributed by atoms with E-state index in [2.05, 4.69) is 24.6 Å². The molecule has 0 aromatic heterocycles. The van der Waals surface area contributed by atoms with Crippen LogP contribution >= 0.6 is 20.8 Å². The van der Waals surface area contributed by atoms with Gasteiger partial charge in [0.05, 0.1) is 0 Å². The number of rotatable bonds is 3. The molecule has 0 bridgehead atoms. The second-order valence-corrected chi connectivity index (χ2v) is 3.99. The summed E-state index contributed by atoms with van der Waals surface area (Å²) in [5, 5.41) is 4.57. The smallest absolute Gasteiger partial charge is 0.0319 e. The second-order valence-electron chi connectivity index (χ2n) is 1.41. The Bertz CT molecular complexity index is 77.1. The monoisotopic (exact) mass is 168 g/mol. The first kappa shape index (κ1) is 12.1. The lowest BCUT2D eigenvalue weighted by molar-refractivity contribution is 0.824. The van der Waals surface area contributed by atoms with E-state index in [0.717, 1.165) is 0 Å². The van der Waals surface area contributed by atoms with E-state index in [4.69, 9.17) is 0 Å². The van der Waals surface area contributed by atoms with E-state index in [1.54, 1.807) is 0 Å². The van der Waals surface area contributed by atoms with Crippen molar-refractivity contribution in [3.05, 3.63) is 0 Å². The fraction of sp³-hybridized carbons (Fsp3) is 0.667. The van der Waals surface area contributed by atoms with Gasteiger partial charge < -0.3 is 5.48 Å². The van der Waals surface area contributed by atoms with Crippen molar-refractivity contribution in [3.8, 4) is 0 Å². The van der Waals surface area contributed by atoms with Crippen LogP contribution in [0.3, 0.4) is 0 Å². The van der Waals surface area contributed by atoms with Crippen molar-refractivity contribution in [2.24, 2.45) is 0 Å². The zero-order valence-electron chi connectivity index (χ0n) is 5.96. The SMILES string of the molecule is CCC=[SH][SH]=CCC.O. The summed E-state index contributed by atoms with van der Waals surface area (Å²) in [4.78, 5) is 0. The lowest BCUT2D eigenvalue weighted by Gasteiger charge is -1.76. The molecule has 0 radical (unpaired) electrons. The van der Waals surface area contributed by atoms with Crippen LogP contribution in [0.2, 0.25) is 0 Å². The van der Waals surface area contributed by atoms with Gasteiger partial charge >= 0.3 is 0 Å². The lowest BCUT2D eigenvalue weighted by atomic mass is 10.6. The molecule has 0 aliphatic carbocycles. The highest BCUT2D eigenvalue weighted by Gasteiger charge is 1.60. The minimum Gasteiger partial charge on any atom is -0.412 e. The Morgan fingerprint density at radius 2 is 1.33 bits per heavy atom. The highest BCUT2D eigenvalue weighted by atomic mass is 33.1. The highest BCUT2D eigenvalue weighted by molar-refractivity contribution is 8.73. The van der Waals surface area contributed by atoms with Crippen molar-refractivity contribution in [3.63, 3.8) is 0 Å². The summed E-state index contributed by atoms with van der Waals surface area (Å²) in [6.07, 6.45) is 2.40. The van der Waals surface area contributed by atoms with Crippen LogP contribution in [0.1, 0.15) is 26.7 Å². The summed E-state index contributed by atoms with van der Waals surface area (Å²) < 4.78 is 0. The molecule has 3 heteroatoms. The summed E-state index contributed by atoms with van der Waals surface area (Å²) in [5.41, 5.74) is 0. The van der Waals surface area contributed by atoms with Crippen molar-refractivity contribution in [2.75, 3.05) is 0 Å². The maximum absolute atomic E-state index is 2.29. The zero-order valence-corrected chi connectivity index (χ0v) is 7.75. The van der Waals surface area contributed by atoms with Gasteiger partial charge in [0.15, 0.2) is 0 Å². The Kier molecular flexibility index (Phi) is 15.1. The topological polar surface area (TPSA) is 31.5 Å². The summed E-state index contributed by atoms with van der Waals surface area (Å²) in [5.74, 6) is 0. The molecule has 0 heterocycles. The number of thiol groups is 2. The van der Waals surface area contributed by atoms with Gasteiger partial charge in [0.1, 0.15) is 0 Å². The standard InChI is InChI=1S/C6H14S2.H2O/c1-3-5-7-8-6-4-2;/h5-8H,3-4H2,1-2H3;1H2. The van der Waals surface area contributed by atoms with Crippen LogP contribution < -0.4 is 0 Å². The third-order valence-corrected chi connectivity index (χ3v) is 3.17. The molecule has 2 N–H and O–H groups in total. The van der Waals surface area contributed by atoms with Crippen LogP contribution in [0.5, 0.6) is 0 Å². The molecule has 0 saturated carbocycles. The average molecular weight is 168 g/mol. The summed E-state index contributed by atoms with van der Waals surface area (Å²) in [6, 6.07) is 0. The highest BCUT2D eigenvalue weighted by Crippen LogP contribution is 1.99. The first-order chi connectivity index (χ1) is 3.91. The number of hydrogen-bond acceptors (Lipinski definition) is 0. The van der Waals surface area contributed by atoms with Gasteiger partial charge in [0.2, 0.25) is 0 Å². The molecule has 1 nitrogen and oxygen atoms in total. The fourth-order valence-corrected chi connectivity index (χ4v) is 2.32. The molecule has 9 heavy (non-hydrogen) atoms. The third kappa shape index (κ3) is 11.8. The minimum absolute atomic E-state index is 0. The largest absolute Gasteiger partial charge is 0.412 e. The van der Waals surface area contributed by atoms with Crippen molar-refractivity contribution in [1.29, 1.82) is 0 Å². The van der Waals surface area contributed by atoms with Crippen molar-refractivity contribution in [1.82, 2.24) is 0 Å². The summed E-state index contributed by atoms with van der Waals surface area (Å²) in [7, 11) is 2.90. The Labute approximate surface area is 64.1 Å². The summed E-state index contributed by atoms with van der Waals surface area (Å²) >= 11 is 0. The molecular formula is C6H16OS2. The van der Waals surface area contributed by atoms with Gasteiger partial charge in [0.25, 0.3) is 0 Å². The predicted molar refractivity (Wildman–Crippen MR) is 54.3 cm³/mol. The van der Waals surface area contributed by atoms with E-state index in [0.29, 0.717) is 0 Å². The van der Waals surface area contributed by atoms with Gasteiger partial charge in [-0.1, -0.05) is 24.6 Å². The predicted octanol–water partition coefficient (Wildman–Crippen LogP) is 1.43. The fourth-order valence-electron chi connectivity index (χ4n) is 0.258. The van der Waals surface area contributed by atoms with Crippen LogP contribution in [0, 0.1) is 0 Å². The molecule has 58 valence electrons. The van der Waals surface area contributed by atoms with E-state index in [9.17, 15) is 0 Å². The Hall–Kier alpha value is 0.400. The molecule has 0 unspecified atom stereocenters. The van der Waals surface area contributed by atoms with E-state index >= 15 is 0 Å². The molecule has 0 atom stereocenters. The van der Waals surface area contributed by atoms with E-state index in [1.165, 1.54) is 33.6 Å². The van der Waals surface area contributed by atoms with E-state index in [1.807, 2.05) is 0 Å². The Morgan fingerprint density at radius 3 is 1.56 bits per heavy atom. The second kappa shape index (κ2) is 11.2. The summed E-state index contributed by atoms with van der Waals surface area (Å²) in [6.45, 7) is 4.35. The third-order valence-electron chi connectivity index (χ3n) is 0.595. The van der Waals surface area contributed by atoms with Crippen LogP contribution in [0.15, 0.2) is 0 Å². The maximum Gasteiger partial charge on any atom is -0.0319 e. The normalized spacial score (nSPS) is 12.2. The van der Waals surface area contributed by atoms with Crippen LogP contribution in [0.25, 0.3) is 0 Å². The number of hydrogen-bond donors (Lipinski definition) is 2. The molecule has 0 saturated heterocycles. The van der Waals surface area contributed by atoms with Gasteiger partial charge in [-0.3, -0.25) is 0 Å². The van der Waals surface area contributed by atoms with Crippen LogP contribution in [-0.2, 0) is 0 Å².